The number of halogens is 1. The lowest BCUT2D eigenvalue weighted by molar-refractivity contribution is -0.143. The summed E-state index contributed by atoms with van der Waals surface area (Å²) in [6.45, 7) is 4.64. The van der Waals surface area contributed by atoms with Crippen molar-refractivity contribution < 1.29 is 13.9 Å². The van der Waals surface area contributed by atoms with Gasteiger partial charge in [-0.25, -0.2) is 4.39 Å². The molecule has 0 aromatic heterocycles. The number of benzene rings is 1. The van der Waals surface area contributed by atoms with Crippen molar-refractivity contribution in [2.24, 2.45) is 11.7 Å². The van der Waals surface area contributed by atoms with Gasteiger partial charge in [-0.05, 0) is 43.4 Å². The quantitative estimate of drug-likeness (QED) is 0.820. The smallest absolute Gasteiger partial charge is 0.305 e. The molecule has 0 spiro atoms. The molecule has 1 aliphatic rings. The van der Waals surface area contributed by atoms with Gasteiger partial charge in [-0.2, -0.15) is 0 Å². The lowest BCUT2D eigenvalue weighted by atomic mass is 9.90. The van der Waals surface area contributed by atoms with Crippen LogP contribution in [0.1, 0.15) is 31.7 Å². The molecule has 1 aromatic carbocycles. The number of carbonyl (C=O) groups is 1. The maximum atomic E-state index is 13.3. The van der Waals surface area contributed by atoms with Crippen molar-refractivity contribution in [3.8, 4) is 0 Å². The van der Waals surface area contributed by atoms with E-state index in [1.165, 1.54) is 6.07 Å². The number of nitrogens with two attached hydrogens (primary N) is 1. The van der Waals surface area contributed by atoms with Crippen molar-refractivity contribution in [1.82, 2.24) is 4.90 Å². The molecule has 0 radical (unpaired) electrons. The van der Waals surface area contributed by atoms with Crippen LogP contribution in [0.15, 0.2) is 24.3 Å². The van der Waals surface area contributed by atoms with Gasteiger partial charge in [-0.15, -0.1) is 0 Å². The van der Waals surface area contributed by atoms with Gasteiger partial charge in [0.25, 0.3) is 0 Å². The number of rotatable bonds is 6. The fourth-order valence-corrected chi connectivity index (χ4v) is 3.14. The average Bonchev–Trinajstić information content (AvgIpc) is 2.45. The molecule has 2 rings (SSSR count). The molecule has 0 aliphatic carbocycles. The highest BCUT2D eigenvalue weighted by Gasteiger charge is 2.25. The van der Waals surface area contributed by atoms with Crippen LogP contribution in [0.4, 0.5) is 4.39 Å². The fraction of sp³-hybridized carbons (Fsp3) is 0.588. The van der Waals surface area contributed by atoms with Crippen molar-refractivity contribution in [2.75, 3.05) is 19.7 Å². The van der Waals surface area contributed by atoms with E-state index in [2.05, 4.69) is 4.90 Å². The van der Waals surface area contributed by atoms with Gasteiger partial charge in [0.1, 0.15) is 5.82 Å². The summed E-state index contributed by atoms with van der Waals surface area (Å²) in [5.41, 5.74) is 7.09. The molecule has 1 fully saturated rings. The number of piperidine rings is 1. The normalized spacial score (nSPS) is 22.5. The molecule has 2 atom stereocenters. The van der Waals surface area contributed by atoms with Gasteiger partial charge in [0.2, 0.25) is 0 Å². The third kappa shape index (κ3) is 5.39. The third-order valence-electron chi connectivity index (χ3n) is 4.00. The molecule has 1 aliphatic heterocycles. The van der Waals surface area contributed by atoms with E-state index >= 15 is 0 Å². The lowest BCUT2D eigenvalue weighted by Gasteiger charge is -2.36. The first-order valence-corrected chi connectivity index (χ1v) is 7.94. The Balaban J connectivity index is 1.86. The summed E-state index contributed by atoms with van der Waals surface area (Å²) in [6, 6.07) is 6.78. The zero-order valence-electron chi connectivity index (χ0n) is 13.1. The minimum atomic E-state index is -0.210. The number of hydrogen-bond acceptors (Lipinski definition) is 4. The molecule has 4 nitrogen and oxygen atoms in total. The molecule has 0 amide bonds. The van der Waals surface area contributed by atoms with Crippen molar-refractivity contribution in [3.63, 3.8) is 0 Å². The van der Waals surface area contributed by atoms with Crippen molar-refractivity contribution in [3.05, 3.63) is 35.6 Å². The van der Waals surface area contributed by atoms with Crippen LogP contribution < -0.4 is 5.73 Å². The Kier molecular flexibility index (Phi) is 6.34. The second-order valence-corrected chi connectivity index (χ2v) is 6.03. The highest BCUT2D eigenvalue weighted by Crippen LogP contribution is 2.22. The van der Waals surface area contributed by atoms with Gasteiger partial charge in [0, 0.05) is 32.1 Å². The van der Waals surface area contributed by atoms with Gasteiger partial charge in [0.05, 0.1) is 6.61 Å². The van der Waals surface area contributed by atoms with Crippen LogP contribution in [-0.4, -0.2) is 36.6 Å². The van der Waals surface area contributed by atoms with E-state index in [0.29, 0.717) is 25.5 Å². The van der Waals surface area contributed by atoms with Gasteiger partial charge in [0.15, 0.2) is 0 Å². The van der Waals surface area contributed by atoms with Crippen LogP contribution in [0.2, 0.25) is 0 Å². The molecule has 0 bridgehead atoms. The maximum absolute atomic E-state index is 13.3. The van der Waals surface area contributed by atoms with Crippen molar-refractivity contribution in [1.29, 1.82) is 0 Å². The lowest BCUT2D eigenvalue weighted by Crippen LogP contribution is -2.46. The average molecular weight is 308 g/mol. The first-order valence-electron chi connectivity index (χ1n) is 7.94. The van der Waals surface area contributed by atoms with Crippen molar-refractivity contribution in [2.45, 2.75) is 38.8 Å². The second kappa shape index (κ2) is 8.25. The van der Waals surface area contributed by atoms with E-state index in [9.17, 15) is 9.18 Å². The van der Waals surface area contributed by atoms with E-state index < -0.39 is 0 Å². The Labute approximate surface area is 131 Å². The summed E-state index contributed by atoms with van der Waals surface area (Å²) >= 11 is 0. The first-order chi connectivity index (χ1) is 10.6. The van der Waals surface area contributed by atoms with Crippen LogP contribution in [0.25, 0.3) is 0 Å². The minimum Gasteiger partial charge on any atom is -0.466 e. The number of esters is 1. The van der Waals surface area contributed by atoms with Crippen LogP contribution in [0, 0.1) is 11.7 Å². The molecule has 0 saturated carbocycles. The van der Waals surface area contributed by atoms with E-state index in [0.717, 1.165) is 31.5 Å². The number of ether oxygens (including phenoxy) is 1. The van der Waals surface area contributed by atoms with E-state index in [4.69, 9.17) is 10.5 Å². The molecule has 22 heavy (non-hydrogen) atoms. The summed E-state index contributed by atoms with van der Waals surface area (Å²) in [5.74, 6) is 0.0395. The van der Waals surface area contributed by atoms with Gasteiger partial charge in [-0.3, -0.25) is 9.69 Å². The zero-order valence-corrected chi connectivity index (χ0v) is 13.1. The maximum Gasteiger partial charge on any atom is 0.305 e. The Hall–Kier alpha value is -1.46. The molecule has 122 valence electrons. The molecule has 2 N–H and O–H groups in total. The van der Waals surface area contributed by atoms with Crippen LogP contribution in [-0.2, 0) is 16.1 Å². The third-order valence-corrected chi connectivity index (χ3v) is 4.00. The SMILES string of the molecule is CCOC(=O)CCC1CC(N)CN(Cc2cccc(F)c2)C1. The molecule has 1 aromatic rings. The topological polar surface area (TPSA) is 55.6 Å². The predicted molar refractivity (Wildman–Crippen MR) is 83.6 cm³/mol. The Morgan fingerprint density at radius 2 is 2.27 bits per heavy atom. The zero-order chi connectivity index (χ0) is 15.9. The van der Waals surface area contributed by atoms with Gasteiger partial charge >= 0.3 is 5.97 Å². The first kappa shape index (κ1) is 16.9. The second-order valence-electron chi connectivity index (χ2n) is 6.03. The highest BCUT2D eigenvalue weighted by atomic mass is 19.1. The largest absolute Gasteiger partial charge is 0.466 e. The minimum absolute atomic E-state index is 0.106. The van der Waals surface area contributed by atoms with E-state index in [-0.39, 0.29) is 17.8 Å². The van der Waals surface area contributed by atoms with Crippen LogP contribution in [0.3, 0.4) is 0 Å². The monoisotopic (exact) mass is 308 g/mol. The Bertz CT molecular complexity index is 495. The predicted octanol–water partition coefficient (Wildman–Crippen LogP) is 2.32. The number of likely N-dealkylation sites (tertiary alicyclic amines) is 1. The van der Waals surface area contributed by atoms with Crippen LogP contribution >= 0.6 is 0 Å². The molecular formula is C17H25FN2O2. The number of hydrogen-bond donors (Lipinski definition) is 1. The van der Waals surface area contributed by atoms with Gasteiger partial charge < -0.3 is 10.5 Å². The molecule has 1 heterocycles. The van der Waals surface area contributed by atoms with E-state index in [1.807, 2.05) is 13.0 Å². The Morgan fingerprint density at radius 3 is 3.00 bits per heavy atom. The van der Waals surface area contributed by atoms with E-state index in [1.54, 1.807) is 12.1 Å². The Morgan fingerprint density at radius 1 is 1.45 bits per heavy atom. The standard InChI is InChI=1S/C17H25FN2O2/c1-2-22-17(21)7-6-14-9-16(19)12-20(11-14)10-13-4-3-5-15(18)8-13/h3-5,8,14,16H,2,6-7,9-12,19H2,1H3. The highest BCUT2D eigenvalue weighted by molar-refractivity contribution is 5.69. The molecular weight excluding hydrogens is 283 g/mol. The van der Waals surface area contributed by atoms with Gasteiger partial charge in [-0.1, -0.05) is 12.1 Å². The number of carbonyl (C=O) groups excluding carboxylic acids is 1. The molecule has 2 unspecified atom stereocenters. The summed E-state index contributed by atoms with van der Waals surface area (Å²) in [4.78, 5) is 13.7. The summed E-state index contributed by atoms with van der Waals surface area (Å²) in [5, 5.41) is 0. The summed E-state index contributed by atoms with van der Waals surface area (Å²) in [6.07, 6.45) is 2.17. The molecule has 5 heteroatoms. The fourth-order valence-electron chi connectivity index (χ4n) is 3.14. The van der Waals surface area contributed by atoms with Crippen LogP contribution in [0.5, 0.6) is 0 Å². The molecule has 1 saturated heterocycles. The summed E-state index contributed by atoms with van der Waals surface area (Å²) in [7, 11) is 0. The number of nitrogens with zero attached hydrogens (tertiary/aromatic N) is 1. The summed E-state index contributed by atoms with van der Waals surface area (Å²) < 4.78 is 18.2. The van der Waals surface area contributed by atoms with Crippen molar-refractivity contribution >= 4 is 5.97 Å².